The average molecular weight is 317 g/mol. The molecular formula is C17H23N3OS. The lowest BCUT2D eigenvalue weighted by atomic mass is 10.1. The van der Waals surface area contributed by atoms with Crippen LogP contribution in [0.2, 0.25) is 0 Å². The van der Waals surface area contributed by atoms with Gasteiger partial charge in [0.05, 0.1) is 6.61 Å². The molecule has 0 aliphatic heterocycles. The van der Waals surface area contributed by atoms with Crippen LogP contribution in [0.3, 0.4) is 0 Å². The van der Waals surface area contributed by atoms with Gasteiger partial charge >= 0.3 is 0 Å². The van der Waals surface area contributed by atoms with E-state index in [9.17, 15) is 0 Å². The maximum absolute atomic E-state index is 5.24. The van der Waals surface area contributed by atoms with E-state index in [1.165, 1.54) is 11.1 Å². The van der Waals surface area contributed by atoms with Crippen molar-refractivity contribution in [2.75, 3.05) is 26.5 Å². The Morgan fingerprint density at radius 1 is 1.14 bits per heavy atom. The van der Waals surface area contributed by atoms with E-state index in [4.69, 9.17) is 4.74 Å². The van der Waals surface area contributed by atoms with E-state index < -0.39 is 0 Å². The average Bonchev–Trinajstić information content (AvgIpc) is 2.55. The van der Waals surface area contributed by atoms with E-state index in [2.05, 4.69) is 46.1 Å². The van der Waals surface area contributed by atoms with Crippen molar-refractivity contribution in [2.24, 2.45) is 0 Å². The Kier molecular flexibility index (Phi) is 6.83. The van der Waals surface area contributed by atoms with Crippen molar-refractivity contribution >= 4 is 11.8 Å². The van der Waals surface area contributed by atoms with Gasteiger partial charge < -0.3 is 4.74 Å². The number of nitrogens with zero attached hydrogens (tertiary/aromatic N) is 3. The van der Waals surface area contributed by atoms with Gasteiger partial charge in [-0.05, 0) is 24.3 Å². The van der Waals surface area contributed by atoms with Crippen LogP contribution in [0.4, 0.5) is 0 Å². The molecule has 0 spiro atoms. The van der Waals surface area contributed by atoms with Crippen LogP contribution in [-0.2, 0) is 17.8 Å². The third-order valence-electron chi connectivity index (χ3n) is 3.54. The lowest BCUT2D eigenvalue weighted by molar-refractivity contribution is 0.140. The molecule has 0 saturated carbocycles. The Hall–Kier alpha value is -1.43. The Morgan fingerprint density at radius 3 is 2.50 bits per heavy atom. The van der Waals surface area contributed by atoms with Gasteiger partial charge in [-0.25, -0.2) is 9.97 Å². The van der Waals surface area contributed by atoms with Crippen molar-refractivity contribution in [1.82, 2.24) is 14.9 Å². The molecule has 1 aromatic carbocycles. The van der Waals surface area contributed by atoms with E-state index in [-0.39, 0.29) is 0 Å². The molecule has 5 heteroatoms. The molecule has 0 saturated heterocycles. The first kappa shape index (κ1) is 16.9. The quantitative estimate of drug-likeness (QED) is 0.552. The predicted molar refractivity (Wildman–Crippen MR) is 91.0 cm³/mol. The Balaban J connectivity index is 2.06. The van der Waals surface area contributed by atoms with E-state index >= 15 is 0 Å². The second-order valence-electron chi connectivity index (χ2n) is 5.21. The van der Waals surface area contributed by atoms with E-state index in [0.29, 0.717) is 0 Å². The highest BCUT2D eigenvalue weighted by atomic mass is 32.2. The van der Waals surface area contributed by atoms with Gasteiger partial charge in [-0.2, -0.15) is 0 Å². The molecule has 0 radical (unpaired) electrons. The first-order valence-corrected chi connectivity index (χ1v) is 8.56. The maximum Gasteiger partial charge on any atom is 0.187 e. The largest absolute Gasteiger partial charge is 0.383 e. The number of ether oxygens (including phenoxy) is 1. The molecule has 0 bridgehead atoms. The molecule has 0 amide bonds. The molecule has 22 heavy (non-hydrogen) atoms. The summed E-state index contributed by atoms with van der Waals surface area (Å²) in [6.07, 6.45) is 5.81. The van der Waals surface area contributed by atoms with Gasteiger partial charge in [0.2, 0.25) is 0 Å². The summed E-state index contributed by atoms with van der Waals surface area (Å²) < 4.78 is 5.24. The Morgan fingerprint density at radius 2 is 1.86 bits per heavy atom. The van der Waals surface area contributed by atoms with E-state index in [0.717, 1.165) is 37.0 Å². The predicted octanol–water partition coefficient (Wildman–Crippen LogP) is 3.16. The number of benzene rings is 1. The number of methoxy groups -OCH3 is 1. The van der Waals surface area contributed by atoms with Gasteiger partial charge in [0.1, 0.15) is 0 Å². The number of aryl methyl sites for hydroxylation is 1. The standard InChI is InChI=1S/C17H23N3OS/c1-14-6-4-5-7-16(14)13-20(8-9-21-2)12-15-10-18-17(22-3)19-11-15/h4-7,10-11H,8-9,12-13H2,1-3H3. The zero-order chi connectivity index (χ0) is 15.8. The number of thioether (sulfide) groups is 1. The zero-order valence-electron chi connectivity index (χ0n) is 13.5. The summed E-state index contributed by atoms with van der Waals surface area (Å²) in [6.45, 7) is 5.48. The second-order valence-corrected chi connectivity index (χ2v) is 5.98. The van der Waals surface area contributed by atoms with Gasteiger partial charge in [0.15, 0.2) is 5.16 Å². The normalized spacial score (nSPS) is 11.1. The van der Waals surface area contributed by atoms with Crippen LogP contribution in [-0.4, -0.2) is 41.4 Å². The highest BCUT2D eigenvalue weighted by molar-refractivity contribution is 7.98. The molecule has 0 aliphatic rings. The van der Waals surface area contributed by atoms with Gasteiger partial charge in [-0.3, -0.25) is 4.90 Å². The van der Waals surface area contributed by atoms with E-state index in [1.54, 1.807) is 18.9 Å². The maximum atomic E-state index is 5.24. The fourth-order valence-corrected chi connectivity index (χ4v) is 2.57. The molecule has 118 valence electrons. The van der Waals surface area contributed by atoms with Crippen LogP contribution in [0, 0.1) is 6.92 Å². The summed E-state index contributed by atoms with van der Waals surface area (Å²) in [5, 5.41) is 0.811. The highest BCUT2D eigenvalue weighted by Gasteiger charge is 2.09. The molecule has 2 aromatic rings. The van der Waals surface area contributed by atoms with Crippen LogP contribution in [0.5, 0.6) is 0 Å². The molecule has 1 heterocycles. The van der Waals surface area contributed by atoms with Crippen molar-refractivity contribution in [1.29, 1.82) is 0 Å². The van der Waals surface area contributed by atoms with Crippen LogP contribution in [0.25, 0.3) is 0 Å². The summed E-state index contributed by atoms with van der Waals surface area (Å²) in [5.41, 5.74) is 3.79. The van der Waals surface area contributed by atoms with Gasteiger partial charge in [0.25, 0.3) is 0 Å². The number of aromatic nitrogens is 2. The van der Waals surface area contributed by atoms with Crippen molar-refractivity contribution in [3.05, 3.63) is 53.3 Å². The van der Waals surface area contributed by atoms with E-state index in [1.807, 2.05) is 18.6 Å². The third kappa shape index (κ3) is 5.09. The van der Waals surface area contributed by atoms with Crippen molar-refractivity contribution in [3.63, 3.8) is 0 Å². The molecule has 1 aromatic heterocycles. The monoisotopic (exact) mass is 317 g/mol. The first-order chi connectivity index (χ1) is 10.7. The minimum absolute atomic E-state index is 0.718. The number of hydrogen-bond acceptors (Lipinski definition) is 5. The number of rotatable bonds is 8. The van der Waals surface area contributed by atoms with Crippen LogP contribution in [0.1, 0.15) is 16.7 Å². The molecule has 0 N–H and O–H groups in total. The van der Waals surface area contributed by atoms with Crippen molar-refractivity contribution < 1.29 is 4.74 Å². The van der Waals surface area contributed by atoms with Gasteiger partial charge in [0, 0.05) is 44.7 Å². The highest BCUT2D eigenvalue weighted by Crippen LogP contribution is 2.14. The molecule has 0 unspecified atom stereocenters. The Bertz CT molecular complexity index is 574. The summed E-state index contributed by atoms with van der Waals surface area (Å²) in [4.78, 5) is 11.1. The second kappa shape index (κ2) is 8.88. The van der Waals surface area contributed by atoms with Crippen LogP contribution < -0.4 is 0 Å². The topological polar surface area (TPSA) is 38.2 Å². The van der Waals surface area contributed by atoms with Gasteiger partial charge in [-0.1, -0.05) is 36.0 Å². The Labute approximate surface area is 136 Å². The molecule has 0 fully saturated rings. The van der Waals surface area contributed by atoms with Crippen molar-refractivity contribution in [3.8, 4) is 0 Å². The molecule has 0 atom stereocenters. The summed E-state index contributed by atoms with van der Waals surface area (Å²) >= 11 is 1.56. The minimum atomic E-state index is 0.718. The lowest BCUT2D eigenvalue weighted by Crippen LogP contribution is -2.27. The smallest absolute Gasteiger partial charge is 0.187 e. The van der Waals surface area contributed by atoms with Crippen LogP contribution >= 0.6 is 11.8 Å². The van der Waals surface area contributed by atoms with Gasteiger partial charge in [-0.15, -0.1) is 0 Å². The fourth-order valence-electron chi connectivity index (χ4n) is 2.25. The number of hydrogen-bond donors (Lipinski definition) is 0. The zero-order valence-corrected chi connectivity index (χ0v) is 14.3. The van der Waals surface area contributed by atoms with Crippen LogP contribution in [0.15, 0.2) is 41.8 Å². The SMILES string of the molecule is COCCN(Cc1cnc(SC)nc1)Cc1ccccc1C. The lowest BCUT2D eigenvalue weighted by Gasteiger charge is -2.23. The summed E-state index contributed by atoms with van der Waals surface area (Å²) in [6, 6.07) is 8.50. The van der Waals surface area contributed by atoms with Crippen molar-refractivity contribution in [2.45, 2.75) is 25.2 Å². The first-order valence-electron chi connectivity index (χ1n) is 7.33. The molecular weight excluding hydrogens is 294 g/mol. The fraction of sp³-hybridized carbons (Fsp3) is 0.412. The third-order valence-corrected chi connectivity index (χ3v) is 4.11. The summed E-state index contributed by atoms with van der Waals surface area (Å²) in [7, 11) is 1.74. The summed E-state index contributed by atoms with van der Waals surface area (Å²) in [5.74, 6) is 0. The minimum Gasteiger partial charge on any atom is -0.383 e. The molecule has 4 nitrogen and oxygen atoms in total. The molecule has 0 aliphatic carbocycles. The molecule has 2 rings (SSSR count).